The van der Waals surface area contributed by atoms with Crippen molar-refractivity contribution in [3.05, 3.63) is 22.4 Å². The molecule has 3 nitrogen and oxygen atoms in total. The number of nitrogens with zero attached hydrogens (tertiary/aromatic N) is 1. The summed E-state index contributed by atoms with van der Waals surface area (Å²) in [5, 5.41) is 7.85. The molecule has 2 N–H and O–H groups in total. The minimum absolute atomic E-state index is 0.330. The van der Waals surface area contributed by atoms with E-state index in [1.165, 1.54) is 0 Å². The van der Waals surface area contributed by atoms with Gasteiger partial charge in [-0.2, -0.15) is 11.3 Å². The Morgan fingerprint density at radius 3 is 2.86 bits per heavy atom. The van der Waals surface area contributed by atoms with E-state index in [4.69, 9.17) is 10.3 Å². The normalized spacial score (nSPS) is 11.1. The van der Waals surface area contributed by atoms with Gasteiger partial charge in [-0.3, -0.25) is 0 Å². The highest BCUT2D eigenvalue weighted by atomic mass is 32.1. The number of hydrogen-bond donors (Lipinski definition) is 1. The summed E-state index contributed by atoms with van der Waals surface area (Å²) in [5.74, 6) is 1.64. The predicted molar refractivity (Wildman–Crippen MR) is 58.3 cm³/mol. The molecule has 0 aromatic carbocycles. The van der Waals surface area contributed by atoms with Crippen LogP contribution >= 0.6 is 11.3 Å². The van der Waals surface area contributed by atoms with E-state index in [0.29, 0.717) is 11.7 Å². The summed E-state index contributed by atoms with van der Waals surface area (Å²) in [6.45, 7) is 4.16. The van der Waals surface area contributed by atoms with Gasteiger partial charge in [0.25, 0.3) is 0 Å². The van der Waals surface area contributed by atoms with Gasteiger partial charge in [-0.15, -0.1) is 0 Å². The van der Waals surface area contributed by atoms with Crippen LogP contribution in [0.25, 0.3) is 11.3 Å². The second kappa shape index (κ2) is 3.46. The highest BCUT2D eigenvalue weighted by molar-refractivity contribution is 7.08. The molecule has 74 valence electrons. The van der Waals surface area contributed by atoms with Crippen LogP contribution in [0, 0.1) is 0 Å². The van der Waals surface area contributed by atoms with E-state index in [-0.39, 0.29) is 0 Å². The maximum atomic E-state index is 5.75. The first kappa shape index (κ1) is 9.27. The fourth-order valence-electron chi connectivity index (χ4n) is 1.47. The molecule has 0 radical (unpaired) electrons. The standard InChI is InChI=1S/C10H12N2OS/c1-6(2)8-9(13-12-10(8)11)7-3-4-14-5-7/h3-6H,1-2H3,(H2,11,12). The number of rotatable bonds is 2. The molecule has 0 unspecified atom stereocenters. The fourth-order valence-corrected chi connectivity index (χ4v) is 2.11. The third kappa shape index (κ3) is 1.42. The first-order valence-corrected chi connectivity index (χ1v) is 5.42. The molecule has 0 aliphatic carbocycles. The lowest BCUT2D eigenvalue weighted by Crippen LogP contribution is -1.94. The maximum Gasteiger partial charge on any atom is 0.173 e. The van der Waals surface area contributed by atoms with Crippen LogP contribution in [0.2, 0.25) is 0 Å². The Morgan fingerprint density at radius 1 is 1.50 bits per heavy atom. The lowest BCUT2D eigenvalue weighted by molar-refractivity contribution is 0.434. The van der Waals surface area contributed by atoms with Crippen molar-refractivity contribution in [2.45, 2.75) is 19.8 Å². The van der Waals surface area contributed by atoms with Crippen LogP contribution in [-0.2, 0) is 0 Å². The van der Waals surface area contributed by atoms with Gasteiger partial charge in [0.05, 0.1) is 0 Å². The third-order valence-corrected chi connectivity index (χ3v) is 2.80. The van der Waals surface area contributed by atoms with Gasteiger partial charge in [-0.05, 0) is 17.4 Å². The van der Waals surface area contributed by atoms with E-state index in [0.717, 1.165) is 16.9 Å². The van der Waals surface area contributed by atoms with E-state index in [1.807, 2.05) is 16.8 Å². The smallest absolute Gasteiger partial charge is 0.173 e. The molecule has 2 aromatic rings. The maximum absolute atomic E-state index is 5.75. The van der Waals surface area contributed by atoms with E-state index in [1.54, 1.807) is 11.3 Å². The zero-order valence-electron chi connectivity index (χ0n) is 8.15. The fraction of sp³-hybridized carbons (Fsp3) is 0.300. The number of thiophene rings is 1. The Kier molecular flexibility index (Phi) is 2.29. The largest absolute Gasteiger partial charge is 0.381 e. The molecule has 4 heteroatoms. The molecule has 2 heterocycles. The van der Waals surface area contributed by atoms with Crippen LogP contribution in [0.3, 0.4) is 0 Å². The van der Waals surface area contributed by atoms with E-state index in [2.05, 4.69) is 19.0 Å². The molecule has 0 fully saturated rings. The highest BCUT2D eigenvalue weighted by Gasteiger charge is 2.18. The molecule has 0 spiro atoms. The first-order valence-electron chi connectivity index (χ1n) is 4.47. The zero-order chi connectivity index (χ0) is 10.1. The molecule has 0 amide bonds. The van der Waals surface area contributed by atoms with Gasteiger partial charge in [0.15, 0.2) is 11.6 Å². The number of nitrogen functional groups attached to an aromatic ring is 1. The average molecular weight is 208 g/mol. The molecule has 2 rings (SSSR count). The number of nitrogens with two attached hydrogens (primary N) is 1. The van der Waals surface area contributed by atoms with Gasteiger partial charge in [0.2, 0.25) is 0 Å². The van der Waals surface area contributed by atoms with Gasteiger partial charge < -0.3 is 10.3 Å². The number of hydrogen-bond acceptors (Lipinski definition) is 4. The number of aromatic nitrogens is 1. The second-order valence-electron chi connectivity index (χ2n) is 3.48. The first-order chi connectivity index (χ1) is 6.70. The molecule has 2 aromatic heterocycles. The SMILES string of the molecule is CC(C)c1c(N)noc1-c1ccsc1. The van der Waals surface area contributed by atoms with Gasteiger partial charge in [-0.1, -0.05) is 19.0 Å². The van der Waals surface area contributed by atoms with Crippen LogP contribution in [0.1, 0.15) is 25.3 Å². The third-order valence-electron chi connectivity index (χ3n) is 2.12. The van der Waals surface area contributed by atoms with Crippen molar-refractivity contribution in [2.24, 2.45) is 0 Å². The molecule has 0 aliphatic heterocycles. The van der Waals surface area contributed by atoms with E-state index >= 15 is 0 Å². The minimum Gasteiger partial charge on any atom is -0.381 e. The Hall–Kier alpha value is -1.29. The molecule has 0 bridgehead atoms. The summed E-state index contributed by atoms with van der Waals surface area (Å²) in [5.41, 5.74) is 7.81. The lowest BCUT2D eigenvalue weighted by atomic mass is 10.0. The lowest BCUT2D eigenvalue weighted by Gasteiger charge is -2.03. The van der Waals surface area contributed by atoms with Crippen molar-refractivity contribution in [1.29, 1.82) is 0 Å². The quantitative estimate of drug-likeness (QED) is 0.825. The molecular weight excluding hydrogens is 196 g/mol. The van der Waals surface area contributed by atoms with Crippen molar-refractivity contribution in [3.8, 4) is 11.3 Å². The Labute approximate surface area is 86.5 Å². The Morgan fingerprint density at radius 2 is 2.29 bits per heavy atom. The summed E-state index contributed by atoms with van der Waals surface area (Å²) < 4.78 is 5.23. The highest BCUT2D eigenvalue weighted by Crippen LogP contribution is 2.34. The van der Waals surface area contributed by atoms with Crippen LogP contribution in [0.4, 0.5) is 5.82 Å². The van der Waals surface area contributed by atoms with E-state index < -0.39 is 0 Å². The van der Waals surface area contributed by atoms with Gasteiger partial charge in [0, 0.05) is 16.5 Å². The van der Waals surface area contributed by atoms with Crippen molar-refractivity contribution in [1.82, 2.24) is 5.16 Å². The van der Waals surface area contributed by atoms with Crippen molar-refractivity contribution < 1.29 is 4.52 Å². The summed E-state index contributed by atoms with van der Waals surface area (Å²) in [6.07, 6.45) is 0. The number of anilines is 1. The van der Waals surface area contributed by atoms with Gasteiger partial charge >= 0.3 is 0 Å². The van der Waals surface area contributed by atoms with E-state index in [9.17, 15) is 0 Å². The zero-order valence-corrected chi connectivity index (χ0v) is 8.97. The molecule has 0 saturated heterocycles. The predicted octanol–water partition coefficient (Wildman–Crippen LogP) is 3.11. The van der Waals surface area contributed by atoms with Crippen LogP contribution in [0.5, 0.6) is 0 Å². The Bertz CT molecular complexity index is 417. The second-order valence-corrected chi connectivity index (χ2v) is 4.26. The topological polar surface area (TPSA) is 52.0 Å². The summed E-state index contributed by atoms with van der Waals surface area (Å²) >= 11 is 1.64. The minimum atomic E-state index is 0.330. The molecule has 14 heavy (non-hydrogen) atoms. The van der Waals surface area contributed by atoms with Crippen molar-refractivity contribution >= 4 is 17.2 Å². The molecule has 0 aliphatic rings. The van der Waals surface area contributed by atoms with Crippen LogP contribution in [0.15, 0.2) is 21.3 Å². The van der Waals surface area contributed by atoms with Crippen molar-refractivity contribution in [3.63, 3.8) is 0 Å². The molecule has 0 atom stereocenters. The van der Waals surface area contributed by atoms with Gasteiger partial charge in [0.1, 0.15) is 0 Å². The molecule has 0 saturated carbocycles. The Balaban J connectivity index is 2.54. The summed E-state index contributed by atoms with van der Waals surface area (Å²) in [6, 6.07) is 2.01. The average Bonchev–Trinajstić information content (AvgIpc) is 2.70. The van der Waals surface area contributed by atoms with Crippen LogP contribution in [-0.4, -0.2) is 5.16 Å². The van der Waals surface area contributed by atoms with Gasteiger partial charge in [-0.25, -0.2) is 0 Å². The molecular formula is C10H12N2OS. The monoisotopic (exact) mass is 208 g/mol. The summed E-state index contributed by atoms with van der Waals surface area (Å²) in [4.78, 5) is 0. The van der Waals surface area contributed by atoms with Crippen LogP contribution < -0.4 is 5.73 Å². The summed E-state index contributed by atoms with van der Waals surface area (Å²) in [7, 11) is 0. The van der Waals surface area contributed by atoms with Crippen molar-refractivity contribution in [2.75, 3.05) is 5.73 Å².